The first kappa shape index (κ1) is 15.9. The van der Waals surface area contributed by atoms with Crippen molar-refractivity contribution in [2.24, 2.45) is 0 Å². The minimum atomic E-state index is -0.296. The Bertz CT molecular complexity index is 647. The predicted molar refractivity (Wildman–Crippen MR) is 85.8 cm³/mol. The maximum absolute atomic E-state index is 12.0. The fourth-order valence-corrected chi connectivity index (χ4v) is 1.98. The minimum Gasteiger partial charge on any atom is -0.423 e. The molecule has 0 saturated heterocycles. The lowest BCUT2D eigenvalue weighted by molar-refractivity contribution is 0.0943. The second kappa shape index (κ2) is 6.52. The average Bonchev–Trinajstić information content (AvgIpc) is 2.97. The van der Waals surface area contributed by atoms with Crippen molar-refractivity contribution >= 4 is 23.2 Å². The van der Waals surface area contributed by atoms with E-state index in [1.807, 2.05) is 20.8 Å². The highest BCUT2D eigenvalue weighted by Gasteiger charge is 2.12. The zero-order chi connectivity index (χ0) is 16.2. The van der Waals surface area contributed by atoms with E-state index in [1.165, 1.54) is 6.39 Å². The number of nitrogens with one attached hydrogen (secondary N) is 3. The zero-order valence-corrected chi connectivity index (χ0v) is 13.3. The van der Waals surface area contributed by atoms with Crippen molar-refractivity contribution in [2.75, 3.05) is 0 Å². The maximum Gasteiger partial charge on any atom is 0.269 e. The fraction of sp³-hybridized carbons (Fsp3) is 0.286. The number of carbonyl (C=O) groups is 1. The Hall–Kier alpha value is -2.48. The lowest BCUT2D eigenvalue weighted by Gasteiger charge is -2.23. The monoisotopic (exact) mass is 319 g/mol. The van der Waals surface area contributed by atoms with Crippen LogP contribution in [-0.2, 0) is 0 Å². The van der Waals surface area contributed by atoms with Crippen molar-refractivity contribution in [3.63, 3.8) is 0 Å². The lowest BCUT2D eigenvalue weighted by Crippen LogP contribution is -2.52. The van der Waals surface area contributed by atoms with Crippen LogP contribution in [0.15, 0.2) is 35.1 Å². The molecule has 0 aliphatic carbocycles. The molecule has 0 atom stereocenters. The Morgan fingerprint density at radius 3 is 2.41 bits per heavy atom. The van der Waals surface area contributed by atoms with Gasteiger partial charge < -0.3 is 9.73 Å². The second-order valence-corrected chi connectivity index (χ2v) is 6.01. The van der Waals surface area contributed by atoms with Crippen molar-refractivity contribution in [3.05, 3.63) is 36.2 Å². The fourth-order valence-electron chi connectivity index (χ4n) is 1.62. The van der Waals surface area contributed by atoms with E-state index < -0.39 is 0 Å². The molecule has 0 aliphatic heterocycles. The van der Waals surface area contributed by atoms with Crippen LogP contribution in [0.1, 0.15) is 31.1 Å². The molecule has 0 unspecified atom stereocenters. The molecule has 0 spiro atoms. The second-order valence-electron chi connectivity index (χ2n) is 5.60. The number of hydrazine groups is 1. The molecule has 1 aromatic carbocycles. The van der Waals surface area contributed by atoms with Gasteiger partial charge in [-0.1, -0.05) is 0 Å². The first-order valence-electron chi connectivity index (χ1n) is 6.60. The molecule has 7 nitrogen and oxygen atoms in total. The van der Waals surface area contributed by atoms with Gasteiger partial charge in [-0.3, -0.25) is 15.6 Å². The number of benzene rings is 1. The topological polar surface area (TPSA) is 92.1 Å². The van der Waals surface area contributed by atoms with Gasteiger partial charge >= 0.3 is 0 Å². The summed E-state index contributed by atoms with van der Waals surface area (Å²) < 4.78 is 5.08. The molecule has 8 heteroatoms. The van der Waals surface area contributed by atoms with Crippen molar-refractivity contribution < 1.29 is 9.21 Å². The Labute approximate surface area is 133 Å². The molecule has 0 aliphatic rings. The van der Waals surface area contributed by atoms with Gasteiger partial charge in [0.15, 0.2) is 5.11 Å². The molecule has 0 fully saturated rings. The van der Waals surface area contributed by atoms with E-state index in [0.29, 0.717) is 16.6 Å². The molecule has 116 valence electrons. The number of aromatic nitrogens is 2. The largest absolute Gasteiger partial charge is 0.423 e. The summed E-state index contributed by atoms with van der Waals surface area (Å²) in [5, 5.41) is 10.8. The number of hydrogen-bond donors (Lipinski definition) is 3. The molecule has 0 bridgehead atoms. The molecular formula is C14H17N5O2S. The highest BCUT2D eigenvalue weighted by Crippen LogP contribution is 2.16. The summed E-state index contributed by atoms with van der Waals surface area (Å²) in [6.45, 7) is 5.91. The van der Waals surface area contributed by atoms with Crippen LogP contribution in [-0.4, -0.2) is 26.8 Å². The van der Waals surface area contributed by atoms with Gasteiger partial charge in [0.25, 0.3) is 5.91 Å². The summed E-state index contributed by atoms with van der Waals surface area (Å²) in [4.78, 5) is 12.0. The van der Waals surface area contributed by atoms with Crippen LogP contribution in [0.25, 0.3) is 11.5 Å². The molecule has 2 rings (SSSR count). The van der Waals surface area contributed by atoms with E-state index >= 15 is 0 Å². The molecular weight excluding hydrogens is 302 g/mol. The third-order valence-corrected chi connectivity index (χ3v) is 2.74. The highest BCUT2D eigenvalue weighted by atomic mass is 32.1. The van der Waals surface area contributed by atoms with Crippen molar-refractivity contribution in [2.45, 2.75) is 26.3 Å². The maximum atomic E-state index is 12.0. The van der Waals surface area contributed by atoms with Gasteiger partial charge in [0.1, 0.15) is 0 Å². The van der Waals surface area contributed by atoms with Crippen molar-refractivity contribution in [1.29, 1.82) is 0 Å². The quantitative estimate of drug-likeness (QED) is 0.572. The number of thiocarbonyl (C=S) groups is 1. The molecule has 1 heterocycles. The number of rotatable bonds is 2. The van der Waals surface area contributed by atoms with Gasteiger partial charge in [-0.15, -0.1) is 10.2 Å². The summed E-state index contributed by atoms with van der Waals surface area (Å²) in [5.74, 6) is 0.107. The van der Waals surface area contributed by atoms with Gasteiger partial charge in [-0.05, 0) is 57.3 Å². The van der Waals surface area contributed by atoms with Crippen LogP contribution in [0.5, 0.6) is 0 Å². The van der Waals surface area contributed by atoms with Crippen LogP contribution in [0.3, 0.4) is 0 Å². The van der Waals surface area contributed by atoms with E-state index in [4.69, 9.17) is 16.6 Å². The van der Waals surface area contributed by atoms with Gasteiger partial charge in [0, 0.05) is 16.7 Å². The van der Waals surface area contributed by atoms with E-state index in [2.05, 4.69) is 26.4 Å². The zero-order valence-electron chi connectivity index (χ0n) is 12.5. The lowest BCUT2D eigenvalue weighted by atomic mass is 10.1. The van der Waals surface area contributed by atoms with Crippen LogP contribution in [0, 0.1) is 0 Å². The van der Waals surface area contributed by atoms with Crippen molar-refractivity contribution in [1.82, 2.24) is 26.4 Å². The first-order valence-corrected chi connectivity index (χ1v) is 7.01. The van der Waals surface area contributed by atoms with Crippen LogP contribution >= 0.6 is 12.2 Å². The molecule has 22 heavy (non-hydrogen) atoms. The molecule has 0 radical (unpaired) electrons. The number of nitrogens with zero attached hydrogens (tertiary/aromatic N) is 2. The Morgan fingerprint density at radius 2 is 1.86 bits per heavy atom. The van der Waals surface area contributed by atoms with Gasteiger partial charge in [0.05, 0.1) is 0 Å². The average molecular weight is 319 g/mol. The molecule has 3 N–H and O–H groups in total. The van der Waals surface area contributed by atoms with Crippen LogP contribution in [0.2, 0.25) is 0 Å². The minimum absolute atomic E-state index is 0.180. The Kier molecular flexibility index (Phi) is 4.71. The van der Waals surface area contributed by atoms with Crippen molar-refractivity contribution in [3.8, 4) is 11.5 Å². The summed E-state index contributed by atoms with van der Waals surface area (Å²) in [6, 6.07) is 6.79. The third-order valence-electron chi connectivity index (χ3n) is 2.53. The Balaban J connectivity index is 1.92. The van der Waals surface area contributed by atoms with E-state index in [-0.39, 0.29) is 11.4 Å². The summed E-state index contributed by atoms with van der Waals surface area (Å²) in [5.41, 5.74) is 6.23. The van der Waals surface area contributed by atoms with Gasteiger partial charge in [-0.2, -0.15) is 0 Å². The summed E-state index contributed by atoms with van der Waals surface area (Å²) in [6.07, 6.45) is 1.25. The van der Waals surface area contributed by atoms with E-state index in [9.17, 15) is 4.79 Å². The number of amides is 1. The molecule has 1 aromatic heterocycles. The van der Waals surface area contributed by atoms with Gasteiger partial charge in [-0.25, -0.2) is 0 Å². The third kappa shape index (κ3) is 4.52. The van der Waals surface area contributed by atoms with Gasteiger partial charge in [0.2, 0.25) is 12.3 Å². The summed E-state index contributed by atoms with van der Waals surface area (Å²) >= 11 is 5.08. The molecule has 0 saturated carbocycles. The standard InChI is InChI=1S/C14H17N5O2S/c1-14(2,3)16-13(22)19-17-11(20)9-4-6-10(7-5-9)12-18-15-8-21-12/h4-8H,1-3H3,(H,17,20)(H2,16,19,22). The molecule has 2 aromatic rings. The SMILES string of the molecule is CC(C)(C)NC(=S)NNC(=O)c1ccc(-c2nnco2)cc1. The Morgan fingerprint density at radius 1 is 1.18 bits per heavy atom. The van der Waals surface area contributed by atoms with Crippen LogP contribution in [0.4, 0.5) is 0 Å². The number of carbonyl (C=O) groups excluding carboxylic acids is 1. The predicted octanol–water partition coefficient (Wildman–Crippen LogP) is 1.64. The smallest absolute Gasteiger partial charge is 0.269 e. The normalized spacial score (nSPS) is 10.9. The van der Waals surface area contributed by atoms with E-state index in [1.54, 1.807) is 24.3 Å². The first-order chi connectivity index (χ1) is 10.3. The number of hydrogen-bond acceptors (Lipinski definition) is 5. The summed E-state index contributed by atoms with van der Waals surface area (Å²) in [7, 11) is 0. The van der Waals surface area contributed by atoms with E-state index in [0.717, 1.165) is 5.56 Å². The highest BCUT2D eigenvalue weighted by molar-refractivity contribution is 7.80. The van der Waals surface area contributed by atoms with Crippen LogP contribution < -0.4 is 16.2 Å². The molecule has 1 amide bonds.